The predicted molar refractivity (Wildman–Crippen MR) is 83.8 cm³/mol. The average Bonchev–Trinajstić information content (AvgIpc) is 2.38. The Morgan fingerprint density at radius 2 is 1.84 bits per heavy atom. The van der Waals surface area contributed by atoms with E-state index >= 15 is 0 Å². The van der Waals surface area contributed by atoms with Gasteiger partial charge >= 0.3 is 0 Å². The summed E-state index contributed by atoms with van der Waals surface area (Å²) in [6.45, 7) is 1.11. The van der Waals surface area contributed by atoms with E-state index in [1.54, 1.807) is 12.1 Å². The first kappa shape index (κ1) is 15.0. The first-order valence-electron chi connectivity index (χ1n) is 5.65. The molecule has 1 N–H and O–H groups in total. The maximum atomic E-state index is 13.5. The molecule has 0 spiro atoms. The van der Waals surface area contributed by atoms with Crippen molar-refractivity contribution in [2.24, 2.45) is 0 Å². The van der Waals surface area contributed by atoms with Crippen LogP contribution in [0.2, 0.25) is 5.02 Å². The Kier molecular flexibility index (Phi) is 5.39. The summed E-state index contributed by atoms with van der Waals surface area (Å²) in [4.78, 5) is 0. The molecule has 0 amide bonds. The minimum absolute atomic E-state index is 0.204. The summed E-state index contributed by atoms with van der Waals surface area (Å²) >= 11 is 12.7. The van der Waals surface area contributed by atoms with Crippen LogP contribution in [0.3, 0.4) is 0 Å². The molecule has 100 valence electrons. The molecule has 0 aliphatic heterocycles. The van der Waals surface area contributed by atoms with Crippen molar-refractivity contribution in [3.63, 3.8) is 0 Å². The first-order chi connectivity index (χ1) is 9.06. The maximum absolute atomic E-state index is 13.5. The van der Waals surface area contributed by atoms with Gasteiger partial charge in [0, 0.05) is 27.6 Å². The van der Waals surface area contributed by atoms with E-state index in [2.05, 4.69) is 37.2 Å². The van der Waals surface area contributed by atoms with Crippen molar-refractivity contribution in [2.45, 2.75) is 13.1 Å². The molecular formula is C14H11Br2ClFN. The number of halogens is 4. The van der Waals surface area contributed by atoms with Gasteiger partial charge in [0.1, 0.15) is 5.82 Å². The van der Waals surface area contributed by atoms with E-state index in [0.717, 1.165) is 14.5 Å². The van der Waals surface area contributed by atoms with E-state index in [0.29, 0.717) is 23.7 Å². The molecule has 0 unspecified atom stereocenters. The summed E-state index contributed by atoms with van der Waals surface area (Å²) in [5.74, 6) is -0.204. The Balaban J connectivity index is 1.96. The molecule has 2 aromatic rings. The zero-order valence-corrected chi connectivity index (χ0v) is 13.8. The third-order valence-corrected chi connectivity index (χ3v) is 4.36. The second kappa shape index (κ2) is 6.84. The summed E-state index contributed by atoms with van der Waals surface area (Å²) in [5, 5.41) is 3.87. The normalized spacial score (nSPS) is 10.7. The van der Waals surface area contributed by atoms with Crippen LogP contribution in [0.1, 0.15) is 11.1 Å². The van der Waals surface area contributed by atoms with E-state index < -0.39 is 0 Å². The third kappa shape index (κ3) is 4.28. The quantitative estimate of drug-likeness (QED) is 0.726. The van der Waals surface area contributed by atoms with Crippen LogP contribution in [0.15, 0.2) is 45.3 Å². The molecular weight excluding hydrogens is 396 g/mol. The molecule has 0 aliphatic rings. The fraction of sp³-hybridized carbons (Fsp3) is 0.143. The largest absolute Gasteiger partial charge is 0.309 e. The van der Waals surface area contributed by atoms with Gasteiger partial charge in [0.2, 0.25) is 0 Å². The van der Waals surface area contributed by atoms with Gasteiger partial charge < -0.3 is 5.32 Å². The fourth-order valence-electron chi connectivity index (χ4n) is 1.67. The molecule has 0 heterocycles. The molecule has 0 saturated heterocycles. The van der Waals surface area contributed by atoms with Crippen LogP contribution in [-0.4, -0.2) is 0 Å². The highest BCUT2D eigenvalue weighted by Gasteiger charge is 2.03. The highest BCUT2D eigenvalue weighted by molar-refractivity contribution is 9.10. The number of hydrogen-bond acceptors (Lipinski definition) is 1. The van der Waals surface area contributed by atoms with E-state index in [1.165, 1.54) is 6.07 Å². The minimum atomic E-state index is -0.204. The van der Waals surface area contributed by atoms with Gasteiger partial charge in [-0.2, -0.15) is 0 Å². The summed E-state index contributed by atoms with van der Waals surface area (Å²) in [6.07, 6.45) is 0. The lowest BCUT2D eigenvalue weighted by atomic mass is 10.2. The fourth-order valence-corrected chi connectivity index (χ4v) is 2.53. The number of rotatable bonds is 4. The highest BCUT2D eigenvalue weighted by Crippen LogP contribution is 2.23. The molecule has 0 atom stereocenters. The van der Waals surface area contributed by atoms with Gasteiger partial charge in [-0.1, -0.05) is 33.6 Å². The van der Waals surface area contributed by atoms with E-state index in [9.17, 15) is 4.39 Å². The smallest absolute Gasteiger partial charge is 0.127 e. The summed E-state index contributed by atoms with van der Waals surface area (Å²) in [7, 11) is 0. The van der Waals surface area contributed by atoms with Crippen LogP contribution in [0, 0.1) is 5.82 Å². The van der Waals surface area contributed by atoms with Gasteiger partial charge in [0.05, 0.1) is 5.02 Å². The molecule has 1 nitrogen and oxygen atoms in total. The summed E-state index contributed by atoms with van der Waals surface area (Å²) in [6, 6.07) is 10.7. The van der Waals surface area contributed by atoms with Gasteiger partial charge in [-0.3, -0.25) is 0 Å². The van der Waals surface area contributed by atoms with Crippen LogP contribution in [-0.2, 0) is 13.1 Å². The predicted octanol–water partition coefficient (Wildman–Crippen LogP) is 5.29. The Bertz CT molecular complexity index is 590. The Morgan fingerprint density at radius 1 is 1.05 bits per heavy atom. The lowest BCUT2D eigenvalue weighted by Crippen LogP contribution is -2.13. The Hall–Kier alpha value is -0.420. The Labute approximate surface area is 133 Å². The number of hydrogen-bond donors (Lipinski definition) is 1. The van der Waals surface area contributed by atoms with Gasteiger partial charge in [-0.05, 0) is 51.8 Å². The van der Waals surface area contributed by atoms with E-state index in [-0.39, 0.29) is 5.82 Å². The molecule has 0 saturated carbocycles. The van der Waals surface area contributed by atoms with Crippen LogP contribution in [0.25, 0.3) is 0 Å². The van der Waals surface area contributed by atoms with Gasteiger partial charge in [0.25, 0.3) is 0 Å². The van der Waals surface area contributed by atoms with Crippen molar-refractivity contribution < 1.29 is 4.39 Å². The van der Waals surface area contributed by atoms with Gasteiger partial charge in [-0.15, -0.1) is 0 Å². The SMILES string of the molecule is Fc1ccc(Br)cc1CNCc1ccc(Br)c(Cl)c1. The topological polar surface area (TPSA) is 12.0 Å². The lowest BCUT2D eigenvalue weighted by Gasteiger charge is -2.07. The van der Waals surface area contributed by atoms with Crippen molar-refractivity contribution in [1.82, 2.24) is 5.32 Å². The van der Waals surface area contributed by atoms with Gasteiger partial charge in [-0.25, -0.2) is 4.39 Å². The van der Waals surface area contributed by atoms with E-state index in [1.807, 2.05) is 18.2 Å². The molecule has 19 heavy (non-hydrogen) atoms. The molecule has 0 aliphatic carbocycles. The average molecular weight is 408 g/mol. The van der Waals surface area contributed by atoms with Crippen molar-refractivity contribution >= 4 is 43.5 Å². The Morgan fingerprint density at radius 3 is 2.58 bits per heavy atom. The summed E-state index contributed by atoms with van der Waals surface area (Å²) in [5.41, 5.74) is 1.70. The number of nitrogens with one attached hydrogen (secondary N) is 1. The summed E-state index contributed by atoms with van der Waals surface area (Å²) < 4.78 is 15.3. The molecule has 0 aromatic heterocycles. The van der Waals surface area contributed by atoms with Crippen molar-refractivity contribution in [2.75, 3.05) is 0 Å². The van der Waals surface area contributed by atoms with Crippen LogP contribution in [0.4, 0.5) is 4.39 Å². The molecule has 0 radical (unpaired) electrons. The second-order valence-corrected chi connectivity index (χ2v) is 6.26. The standard InChI is InChI=1S/C14H11Br2ClFN/c15-11-2-4-14(18)10(6-11)8-19-7-9-1-3-12(16)13(17)5-9/h1-6,19H,7-8H2. The highest BCUT2D eigenvalue weighted by atomic mass is 79.9. The molecule has 5 heteroatoms. The van der Waals surface area contributed by atoms with Crippen molar-refractivity contribution in [1.29, 1.82) is 0 Å². The number of benzene rings is 2. The maximum Gasteiger partial charge on any atom is 0.127 e. The minimum Gasteiger partial charge on any atom is -0.309 e. The van der Waals surface area contributed by atoms with Crippen LogP contribution < -0.4 is 5.32 Å². The van der Waals surface area contributed by atoms with Crippen LogP contribution >= 0.6 is 43.5 Å². The third-order valence-electron chi connectivity index (χ3n) is 2.64. The molecule has 2 rings (SSSR count). The first-order valence-corrected chi connectivity index (χ1v) is 7.61. The van der Waals surface area contributed by atoms with Crippen LogP contribution in [0.5, 0.6) is 0 Å². The van der Waals surface area contributed by atoms with Crippen molar-refractivity contribution in [3.8, 4) is 0 Å². The zero-order chi connectivity index (χ0) is 13.8. The van der Waals surface area contributed by atoms with Gasteiger partial charge in [0.15, 0.2) is 0 Å². The molecule has 0 bridgehead atoms. The zero-order valence-electron chi connectivity index (χ0n) is 9.89. The molecule has 0 fully saturated rings. The monoisotopic (exact) mass is 405 g/mol. The molecule has 2 aromatic carbocycles. The van der Waals surface area contributed by atoms with E-state index in [4.69, 9.17) is 11.6 Å². The second-order valence-electron chi connectivity index (χ2n) is 4.09. The van der Waals surface area contributed by atoms with Crippen molar-refractivity contribution in [3.05, 3.63) is 67.3 Å². The lowest BCUT2D eigenvalue weighted by molar-refractivity contribution is 0.587.